The van der Waals surface area contributed by atoms with E-state index in [9.17, 15) is 14.4 Å². The first-order valence-electron chi connectivity index (χ1n) is 10.0. The average Bonchev–Trinajstić information content (AvgIpc) is 2.72. The molecule has 7 heteroatoms. The van der Waals surface area contributed by atoms with Crippen molar-refractivity contribution in [3.63, 3.8) is 0 Å². The van der Waals surface area contributed by atoms with Crippen LogP contribution in [0.1, 0.15) is 50.4 Å². The fraction of sp³-hybridized carbons (Fsp3) is 0.348. The van der Waals surface area contributed by atoms with Crippen LogP contribution in [0, 0.1) is 0 Å². The molecule has 2 amide bonds. The lowest BCUT2D eigenvalue weighted by molar-refractivity contribution is -0.118. The maximum absolute atomic E-state index is 12.3. The highest BCUT2D eigenvalue weighted by Gasteiger charge is 2.14. The standard InChI is InChI=1S/C23H28N2O5/c1-4-8-22(27)24-17-11-12-20(18(14-17)16(3)26)30-15-23(28)25-19-9-6-7-10-21(19)29-13-5-2/h6-7,9-12,14H,4-5,8,13,15H2,1-3H3,(H,24,27)(H,25,28). The summed E-state index contributed by atoms with van der Waals surface area (Å²) in [7, 11) is 0. The molecule has 2 aromatic carbocycles. The molecule has 2 N–H and O–H groups in total. The fourth-order valence-corrected chi connectivity index (χ4v) is 2.70. The Hall–Kier alpha value is -3.35. The SMILES string of the molecule is CCCOc1ccccc1NC(=O)COc1ccc(NC(=O)CCC)cc1C(C)=O. The molecule has 0 aromatic heterocycles. The first-order chi connectivity index (χ1) is 14.4. The maximum atomic E-state index is 12.3. The quantitative estimate of drug-likeness (QED) is 0.533. The number of carbonyl (C=O) groups excluding carboxylic acids is 3. The summed E-state index contributed by atoms with van der Waals surface area (Å²) in [4.78, 5) is 36.1. The first kappa shape index (κ1) is 22.9. The monoisotopic (exact) mass is 412 g/mol. The smallest absolute Gasteiger partial charge is 0.262 e. The van der Waals surface area contributed by atoms with E-state index in [1.165, 1.54) is 6.92 Å². The van der Waals surface area contributed by atoms with Crippen LogP contribution in [0.15, 0.2) is 42.5 Å². The van der Waals surface area contributed by atoms with E-state index in [4.69, 9.17) is 9.47 Å². The molecule has 0 heterocycles. The third-order valence-electron chi connectivity index (χ3n) is 4.10. The summed E-state index contributed by atoms with van der Waals surface area (Å²) in [6.07, 6.45) is 1.99. The molecule has 2 aromatic rings. The molecule has 0 spiro atoms. The van der Waals surface area contributed by atoms with Crippen LogP contribution in [0.3, 0.4) is 0 Å². The van der Waals surface area contributed by atoms with E-state index in [1.807, 2.05) is 19.9 Å². The number of Topliss-reactive ketones (excluding diaryl/α,β-unsaturated/α-hetero) is 1. The number of benzene rings is 2. The van der Waals surface area contributed by atoms with Gasteiger partial charge in [0.05, 0.1) is 17.9 Å². The van der Waals surface area contributed by atoms with Gasteiger partial charge in [0.15, 0.2) is 12.4 Å². The molecule has 0 atom stereocenters. The zero-order chi connectivity index (χ0) is 21.9. The van der Waals surface area contributed by atoms with Gasteiger partial charge >= 0.3 is 0 Å². The summed E-state index contributed by atoms with van der Waals surface area (Å²) in [5.74, 6) is 0.141. The van der Waals surface area contributed by atoms with Crippen molar-refractivity contribution in [2.75, 3.05) is 23.8 Å². The van der Waals surface area contributed by atoms with E-state index in [1.54, 1.807) is 36.4 Å². The predicted octanol–water partition coefficient (Wildman–Crippen LogP) is 4.43. The van der Waals surface area contributed by atoms with Crippen molar-refractivity contribution >= 4 is 29.0 Å². The minimum atomic E-state index is -0.377. The second-order valence-electron chi connectivity index (χ2n) is 6.75. The molecule has 0 unspecified atom stereocenters. The molecule has 0 fully saturated rings. The number of rotatable bonds is 11. The summed E-state index contributed by atoms with van der Waals surface area (Å²) >= 11 is 0. The molecule has 0 saturated carbocycles. The predicted molar refractivity (Wildman–Crippen MR) is 116 cm³/mol. The van der Waals surface area contributed by atoms with Gasteiger partial charge in [-0.1, -0.05) is 26.0 Å². The Labute approximate surface area is 176 Å². The van der Waals surface area contributed by atoms with E-state index in [0.29, 0.717) is 35.7 Å². The number of ether oxygens (including phenoxy) is 2. The van der Waals surface area contributed by atoms with Gasteiger partial charge in [-0.15, -0.1) is 0 Å². The van der Waals surface area contributed by atoms with Crippen LogP contribution in [0.4, 0.5) is 11.4 Å². The van der Waals surface area contributed by atoms with Gasteiger partial charge in [0.2, 0.25) is 5.91 Å². The summed E-state index contributed by atoms with van der Waals surface area (Å²) < 4.78 is 11.2. The van der Waals surface area contributed by atoms with Crippen molar-refractivity contribution in [3.8, 4) is 11.5 Å². The van der Waals surface area contributed by atoms with Crippen LogP contribution in [-0.2, 0) is 9.59 Å². The zero-order valence-corrected chi connectivity index (χ0v) is 17.6. The minimum absolute atomic E-state index is 0.121. The van der Waals surface area contributed by atoms with Gasteiger partial charge < -0.3 is 20.1 Å². The third kappa shape index (κ3) is 6.92. The van der Waals surface area contributed by atoms with Crippen molar-refractivity contribution in [2.24, 2.45) is 0 Å². The lowest BCUT2D eigenvalue weighted by Gasteiger charge is -2.14. The van der Waals surface area contributed by atoms with Gasteiger partial charge in [0.25, 0.3) is 5.91 Å². The molecule has 0 aliphatic rings. The number of para-hydroxylation sites is 2. The van der Waals surface area contributed by atoms with E-state index in [0.717, 1.165) is 12.8 Å². The zero-order valence-electron chi connectivity index (χ0n) is 17.6. The van der Waals surface area contributed by atoms with E-state index in [2.05, 4.69) is 10.6 Å². The van der Waals surface area contributed by atoms with Crippen molar-refractivity contribution < 1.29 is 23.9 Å². The Kier molecular flexibility index (Phi) is 8.87. The highest BCUT2D eigenvalue weighted by Crippen LogP contribution is 2.25. The minimum Gasteiger partial charge on any atom is -0.491 e. The fourth-order valence-electron chi connectivity index (χ4n) is 2.70. The molecule has 0 aliphatic heterocycles. The molecular formula is C23H28N2O5. The van der Waals surface area contributed by atoms with Gasteiger partial charge in [-0.25, -0.2) is 0 Å². The normalized spacial score (nSPS) is 10.2. The van der Waals surface area contributed by atoms with Crippen LogP contribution in [0.5, 0.6) is 11.5 Å². The van der Waals surface area contributed by atoms with Gasteiger partial charge in [-0.05, 0) is 50.1 Å². The van der Waals surface area contributed by atoms with Crippen LogP contribution in [0.25, 0.3) is 0 Å². The van der Waals surface area contributed by atoms with E-state index >= 15 is 0 Å². The first-order valence-corrected chi connectivity index (χ1v) is 10.0. The molecule has 0 saturated heterocycles. The van der Waals surface area contributed by atoms with Crippen LogP contribution in [0.2, 0.25) is 0 Å². The lowest BCUT2D eigenvalue weighted by atomic mass is 10.1. The Morgan fingerprint density at radius 2 is 1.63 bits per heavy atom. The lowest BCUT2D eigenvalue weighted by Crippen LogP contribution is -2.21. The van der Waals surface area contributed by atoms with Crippen molar-refractivity contribution in [2.45, 2.75) is 40.0 Å². The van der Waals surface area contributed by atoms with Gasteiger partial charge in [-0.2, -0.15) is 0 Å². The molecule has 0 radical (unpaired) electrons. The second kappa shape index (κ2) is 11.6. The molecule has 160 valence electrons. The number of ketones is 1. The number of hydrogen-bond acceptors (Lipinski definition) is 5. The largest absolute Gasteiger partial charge is 0.491 e. The highest BCUT2D eigenvalue weighted by atomic mass is 16.5. The Balaban J connectivity index is 2.03. The summed E-state index contributed by atoms with van der Waals surface area (Å²) in [6.45, 7) is 5.59. The average molecular weight is 412 g/mol. The molecule has 30 heavy (non-hydrogen) atoms. The summed E-state index contributed by atoms with van der Waals surface area (Å²) in [6, 6.07) is 11.9. The van der Waals surface area contributed by atoms with Gasteiger partial charge in [-0.3, -0.25) is 14.4 Å². The highest BCUT2D eigenvalue weighted by molar-refractivity contribution is 5.99. The topological polar surface area (TPSA) is 93.7 Å². The molecular weight excluding hydrogens is 384 g/mol. The van der Waals surface area contributed by atoms with Gasteiger partial charge in [0, 0.05) is 12.1 Å². The maximum Gasteiger partial charge on any atom is 0.262 e. The third-order valence-corrected chi connectivity index (χ3v) is 4.10. The number of amides is 2. The number of anilines is 2. The Bertz CT molecular complexity index is 895. The van der Waals surface area contributed by atoms with Crippen molar-refractivity contribution in [3.05, 3.63) is 48.0 Å². The molecule has 0 aliphatic carbocycles. The van der Waals surface area contributed by atoms with Crippen molar-refractivity contribution in [1.29, 1.82) is 0 Å². The van der Waals surface area contributed by atoms with Crippen LogP contribution < -0.4 is 20.1 Å². The van der Waals surface area contributed by atoms with E-state index in [-0.39, 0.29) is 30.0 Å². The van der Waals surface area contributed by atoms with Gasteiger partial charge in [0.1, 0.15) is 11.5 Å². The molecule has 7 nitrogen and oxygen atoms in total. The van der Waals surface area contributed by atoms with Crippen LogP contribution in [-0.4, -0.2) is 30.8 Å². The van der Waals surface area contributed by atoms with Crippen molar-refractivity contribution in [1.82, 2.24) is 0 Å². The Morgan fingerprint density at radius 1 is 0.867 bits per heavy atom. The molecule has 0 bridgehead atoms. The number of hydrogen-bond donors (Lipinski definition) is 2. The van der Waals surface area contributed by atoms with E-state index < -0.39 is 0 Å². The molecule has 2 rings (SSSR count). The number of nitrogens with one attached hydrogen (secondary N) is 2. The van der Waals surface area contributed by atoms with Crippen LogP contribution >= 0.6 is 0 Å². The number of carbonyl (C=O) groups is 3. The Morgan fingerprint density at radius 3 is 2.33 bits per heavy atom. The summed E-state index contributed by atoms with van der Waals surface area (Å²) in [5.41, 5.74) is 1.36. The second-order valence-corrected chi connectivity index (χ2v) is 6.75. The summed E-state index contributed by atoms with van der Waals surface area (Å²) in [5, 5.41) is 5.50.